The van der Waals surface area contributed by atoms with Gasteiger partial charge in [0.2, 0.25) is 0 Å². The molecule has 25 heavy (non-hydrogen) atoms. The van der Waals surface area contributed by atoms with Gasteiger partial charge < -0.3 is 15.1 Å². The first kappa shape index (κ1) is 19.3. The Morgan fingerprint density at radius 1 is 1.00 bits per heavy atom. The SMILES string of the molecule is CCCCN(CCCC)c1nc(C)c(/C=C/c2cc(O)cc(O)c2)s1. The van der Waals surface area contributed by atoms with E-state index in [2.05, 4.69) is 18.7 Å². The Morgan fingerprint density at radius 3 is 2.16 bits per heavy atom. The molecule has 0 saturated heterocycles. The molecule has 0 bridgehead atoms. The first-order chi connectivity index (χ1) is 12.0. The number of hydrogen-bond donors (Lipinski definition) is 2. The van der Waals surface area contributed by atoms with Crippen molar-refractivity contribution in [2.24, 2.45) is 0 Å². The molecule has 0 aliphatic carbocycles. The monoisotopic (exact) mass is 360 g/mol. The van der Waals surface area contributed by atoms with Crippen LogP contribution in [0.25, 0.3) is 12.2 Å². The summed E-state index contributed by atoms with van der Waals surface area (Å²) in [5.74, 6) is 0.123. The summed E-state index contributed by atoms with van der Waals surface area (Å²) >= 11 is 1.70. The van der Waals surface area contributed by atoms with E-state index in [9.17, 15) is 10.2 Å². The number of thiazole rings is 1. The van der Waals surface area contributed by atoms with E-state index < -0.39 is 0 Å². The van der Waals surface area contributed by atoms with Crippen molar-refractivity contribution in [3.05, 3.63) is 34.3 Å². The normalized spacial score (nSPS) is 11.3. The number of phenolic OH excluding ortho intramolecular Hbond substituents is 2. The topological polar surface area (TPSA) is 56.6 Å². The van der Waals surface area contributed by atoms with Gasteiger partial charge in [-0.1, -0.05) is 44.1 Å². The lowest BCUT2D eigenvalue weighted by molar-refractivity contribution is 0.450. The number of unbranched alkanes of at least 4 members (excludes halogenated alkanes) is 2. The summed E-state index contributed by atoms with van der Waals surface area (Å²) in [6.45, 7) is 8.55. The molecule has 0 radical (unpaired) electrons. The highest BCUT2D eigenvalue weighted by Gasteiger charge is 2.12. The minimum absolute atomic E-state index is 0.0617. The van der Waals surface area contributed by atoms with Crippen molar-refractivity contribution in [1.82, 2.24) is 4.98 Å². The van der Waals surface area contributed by atoms with E-state index in [1.165, 1.54) is 31.7 Å². The van der Waals surface area contributed by atoms with Crippen LogP contribution in [0.2, 0.25) is 0 Å². The smallest absolute Gasteiger partial charge is 0.186 e. The van der Waals surface area contributed by atoms with Crippen molar-refractivity contribution in [2.45, 2.75) is 46.5 Å². The Kier molecular flexibility index (Phi) is 7.31. The maximum atomic E-state index is 9.58. The zero-order chi connectivity index (χ0) is 18.2. The molecule has 0 amide bonds. The maximum absolute atomic E-state index is 9.58. The van der Waals surface area contributed by atoms with Gasteiger partial charge in [-0.25, -0.2) is 4.98 Å². The van der Waals surface area contributed by atoms with E-state index in [1.54, 1.807) is 23.5 Å². The summed E-state index contributed by atoms with van der Waals surface area (Å²) in [6, 6.07) is 4.58. The molecule has 0 aliphatic rings. The molecule has 1 aromatic heterocycles. The highest BCUT2D eigenvalue weighted by molar-refractivity contribution is 7.16. The van der Waals surface area contributed by atoms with Gasteiger partial charge in [-0.3, -0.25) is 0 Å². The predicted molar refractivity (Wildman–Crippen MR) is 108 cm³/mol. The lowest BCUT2D eigenvalue weighted by Gasteiger charge is -2.21. The standard InChI is InChI=1S/C20H28N2O2S/c1-4-6-10-22(11-7-5-2)20-21-15(3)19(25-20)9-8-16-12-17(23)14-18(24)13-16/h8-9,12-14,23-24H,4-7,10-11H2,1-3H3/b9-8+. The Balaban J connectivity index is 2.17. The molecular formula is C20H28N2O2S. The van der Waals surface area contributed by atoms with Gasteiger partial charge in [-0.15, -0.1) is 0 Å². The number of nitrogens with zero attached hydrogens (tertiary/aromatic N) is 2. The maximum Gasteiger partial charge on any atom is 0.186 e. The van der Waals surface area contributed by atoms with Crippen LogP contribution < -0.4 is 4.90 Å². The molecule has 2 N–H and O–H groups in total. The average Bonchev–Trinajstić information content (AvgIpc) is 2.93. The first-order valence-electron chi connectivity index (χ1n) is 8.97. The molecule has 0 saturated carbocycles. The minimum Gasteiger partial charge on any atom is -0.508 e. The lowest BCUT2D eigenvalue weighted by atomic mass is 10.2. The van der Waals surface area contributed by atoms with E-state index in [1.807, 2.05) is 19.1 Å². The van der Waals surface area contributed by atoms with Gasteiger partial charge in [0.25, 0.3) is 0 Å². The Morgan fingerprint density at radius 2 is 1.60 bits per heavy atom. The largest absolute Gasteiger partial charge is 0.508 e. The predicted octanol–water partition coefficient (Wildman–Crippen LogP) is 5.44. The Bertz CT molecular complexity index is 681. The van der Waals surface area contributed by atoms with Gasteiger partial charge in [-0.2, -0.15) is 0 Å². The average molecular weight is 361 g/mol. The number of hydrogen-bond acceptors (Lipinski definition) is 5. The summed E-state index contributed by atoms with van der Waals surface area (Å²) in [7, 11) is 0. The van der Waals surface area contributed by atoms with Gasteiger partial charge >= 0.3 is 0 Å². The van der Waals surface area contributed by atoms with Crippen molar-refractivity contribution < 1.29 is 10.2 Å². The molecule has 1 heterocycles. The number of anilines is 1. The van der Waals surface area contributed by atoms with E-state index >= 15 is 0 Å². The fourth-order valence-corrected chi connectivity index (χ4v) is 3.59. The highest BCUT2D eigenvalue weighted by atomic mass is 32.1. The third kappa shape index (κ3) is 5.78. The van der Waals surface area contributed by atoms with Crippen LogP contribution in [0.1, 0.15) is 55.7 Å². The molecule has 4 nitrogen and oxygen atoms in total. The second kappa shape index (κ2) is 9.47. The molecule has 0 atom stereocenters. The molecule has 2 aromatic rings. The fraction of sp³-hybridized carbons (Fsp3) is 0.450. The van der Waals surface area contributed by atoms with Crippen LogP contribution in [0.4, 0.5) is 5.13 Å². The summed E-state index contributed by atoms with van der Waals surface area (Å²) in [5, 5.41) is 20.2. The van der Waals surface area contributed by atoms with Gasteiger partial charge in [0.1, 0.15) is 11.5 Å². The third-order valence-electron chi connectivity index (χ3n) is 4.01. The number of aryl methyl sites for hydroxylation is 1. The molecule has 2 rings (SSSR count). The molecule has 0 fully saturated rings. The molecule has 5 heteroatoms. The molecule has 0 unspecified atom stereocenters. The quantitative estimate of drug-likeness (QED) is 0.625. The van der Waals surface area contributed by atoms with Crippen LogP contribution in [-0.2, 0) is 0 Å². The van der Waals surface area contributed by atoms with E-state index in [4.69, 9.17) is 4.98 Å². The van der Waals surface area contributed by atoms with E-state index in [0.717, 1.165) is 34.4 Å². The molecular weight excluding hydrogens is 332 g/mol. The molecule has 1 aromatic carbocycles. The third-order valence-corrected chi connectivity index (χ3v) is 5.19. The zero-order valence-corrected chi connectivity index (χ0v) is 16.1. The molecule has 0 aliphatic heterocycles. The Hall–Kier alpha value is -2.01. The second-order valence-electron chi connectivity index (χ2n) is 6.26. The van der Waals surface area contributed by atoms with Crippen LogP contribution in [-0.4, -0.2) is 28.3 Å². The van der Waals surface area contributed by atoms with Gasteiger partial charge in [0.15, 0.2) is 5.13 Å². The van der Waals surface area contributed by atoms with Gasteiger partial charge in [-0.05, 0) is 43.5 Å². The van der Waals surface area contributed by atoms with Crippen molar-refractivity contribution in [1.29, 1.82) is 0 Å². The van der Waals surface area contributed by atoms with Crippen molar-refractivity contribution in [2.75, 3.05) is 18.0 Å². The van der Waals surface area contributed by atoms with Crippen molar-refractivity contribution >= 4 is 28.6 Å². The fourth-order valence-electron chi connectivity index (χ4n) is 2.57. The van der Waals surface area contributed by atoms with Crippen LogP contribution in [0.3, 0.4) is 0 Å². The molecule has 0 spiro atoms. The van der Waals surface area contributed by atoms with Crippen LogP contribution in [0.5, 0.6) is 11.5 Å². The highest BCUT2D eigenvalue weighted by Crippen LogP contribution is 2.29. The number of benzene rings is 1. The molecule has 136 valence electrons. The van der Waals surface area contributed by atoms with E-state index in [0.29, 0.717) is 0 Å². The lowest BCUT2D eigenvalue weighted by Crippen LogP contribution is -2.25. The van der Waals surface area contributed by atoms with Crippen molar-refractivity contribution in [3.63, 3.8) is 0 Å². The van der Waals surface area contributed by atoms with Gasteiger partial charge in [0.05, 0.1) is 10.6 Å². The number of phenols is 2. The summed E-state index contributed by atoms with van der Waals surface area (Å²) in [6.07, 6.45) is 8.61. The number of rotatable bonds is 9. The zero-order valence-electron chi connectivity index (χ0n) is 15.3. The summed E-state index contributed by atoms with van der Waals surface area (Å²) in [4.78, 5) is 8.26. The second-order valence-corrected chi connectivity index (χ2v) is 7.27. The minimum atomic E-state index is 0.0617. The first-order valence-corrected chi connectivity index (χ1v) is 9.78. The summed E-state index contributed by atoms with van der Waals surface area (Å²) < 4.78 is 0. The van der Waals surface area contributed by atoms with E-state index in [-0.39, 0.29) is 11.5 Å². The Labute approximate surface area is 154 Å². The van der Waals surface area contributed by atoms with Gasteiger partial charge in [0, 0.05) is 19.2 Å². The van der Waals surface area contributed by atoms with Crippen LogP contribution in [0, 0.1) is 6.92 Å². The summed E-state index contributed by atoms with van der Waals surface area (Å²) in [5.41, 5.74) is 1.78. The number of aromatic hydroxyl groups is 2. The van der Waals surface area contributed by atoms with Crippen molar-refractivity contribution in [3.8, 4) is 11.5 Å². The number of aromatic nitrogens is 1. The van der Waals surface area contributed by atoms with Crippen LogP contribution in [0.15, 0.2) is 18.2 Å². The van der Waals surface area contributed by atoms with Crippen LogP contribution >= 0.6 is 11.3 Å².